The number of para-hydroxylation sites is 1. The predicted octanol–water partition coefficient (Wildman–Crippen LogP) is 3.53. The van der Waals surface area contributed by atoms with E-state index in [1.807, 2.05) is 32.0 Å². The van der Waals surface area contributed by atoms with Crippen LogP contribution in [0.25, 0.3) is 11.3 Å². The Hall–Kier alpha value is -4.21. The van der Waals surface area contributed by atoms with Crippen molar-refractivity contribution >= 4 is 34.8 Å². The van der Waals surface area contributed by atoms with Crippen molar-refractivity contribution in [2.75, 3.05) is 17.9 Å². The summed E-state index contributed by atoms with van der Waals surface area (Å²) in [5.41, 5.74) is 6.90. The van der Waals surface area contributed by atoms with Crippen molar-refractivity contribution < 1.29 is 14.5 Å². The highest BCUT2D eigenvalue weighted by molar-refractivity contribution is 5.86. The number of anilines is 3. The van der Waals surface area contributed by atoms with E-state index in [2.05, 4.69) is 36.1 Å². The lowest BCUT2D eigenvalue weighted by molar-refractivity contribution is 0.314. The van der Waals surface area contributed by atoms with E-state index in [1.54, 1.807) is 18.2 Å². The van der Waals surface area contributed by atoms with Gasteiger partial charge in [-0.2, -0.15) is 10.1 Å². The molecule has 0 aliphatic carbocycles. The van der Waals surface area contributed by atoms with Crippen molar-refractivity contribution in [1.82, 2.24) is 20.3 Å². The van der Waals surface area contributed by atoms with E-state index < -0.39 is 0 Å². The van der Waals surface area contributed by atoms with Crippen LogP contribution in [0.1, 0.15) is 16.7 Å². The largest absolute Gasteiger partial charge is 0.504 e. The van der Waals surface area contributed by atoms with Gasteiger partial charge in [0.25, 0.3) is 0 Å². The molecule has 30 heavy (non-hydrogen) atoms. The molecule has 3 N–H and O–H groups in total. The molecule has 0 aliphatic rings. The first-order valence-corrected chi connectivity index (χ1v) is 9.05. The number of aryl methyl sites for hydroxylation is 1. The molecule has 0 fully saturated rings. The summed E-state index contributed by atoms with van der Waals surface area (Å²) in [6, 6.07) is 11.0. The Kier molecular flexibility index (Phi) is 5.12. The highest BCUT2D eigenvalue weighted by Gasteiger charge is 2.14. The Balaban J connectivity index is 1.66. The number of ether oxygens (including phenoxy) is 1. The lowest BCUT2D eigenvalue weighted by Crippen LogP contribution is -2.04. The number of aromatic hydroxyl groups is 1. The van der Waals surface area contributed by atoms with Gasteiger partial charge in [0.1, 0.15) is 0 Å². The number of aromatic nitrogens is 4. The quantitative estimate of drug-likeness (QED) is 0.326. The number of hydrogen-bond donors (Lipinski definition) is 3. The Morgan fingerprint density at radius 1 is 1.03 bits per heavy atom. The summed E-state index contributed by atoms with van der Waals surface area (Å²) in [7, 11) is 1.48. The molecular weight excluding hydrogens is 386 g/mol. The number of rotatable bonds is 6. The SMILES string of the molecule is COc1cccc(C=NNc2nc3nonc3nc2Nc2cccc(C)c2C)c1O. The molecule has 0 unspecified atom stereocenters. The summed E-state index contributed by atoms with van der Waals surface area (Å²) in [5.74, 6) is 1.06. The maximum atomic E-state index is 10.2. The van der Waals surface area contributed by atoms with Gasteiger partial charge in [0.15, 0.2) is 23.1 Å². The first kappa shape index (κ1) is 19.1. The minimum Gasteiger partial charge on any atom is -0.504 e. The smallest absolute Gasteiger partial charge is 0.245 e. The van der Waals surface area contributed by atoms with Crippen molar-refractivity contribution in [1.29, 1.82) is 0 Å². The van der Waals surface area contributed by atoms with Gasteiger partial charge < -0.3 is 15.2 Å². The van der Waals surface area contributed by atoms with E-state index in [0.717, 1.165) is 16.8 Å². The van der Waals surface area contributed by atoms with Gasteiger partial charge >= 0.3 is 0 Å². The zero-order valence-electron chi connectivity index (χ0n) is 16.5. The molecule has 2 heterocycles. The molecule has 0 aliphatic heterocycles. The molecule has 2 aromatic heterocycles. The molecule has 0 bridgehead atoms. The summed E-state index contributed by atoms with van der Waals surface area (Å²) >= 11 is 0. The van der Waals surface area contributed by atoms with Crippen LogP contribution in [0, 0.1) is 13.8 Å². The average molecular weight is 405 g/mol. The van der Waals surface area contributed by atoms with E-state index in [1.165, 1.54) is 13.3 Å². The molecule has 0 saturated heterocycles. The molecule has 0 spiro atoms. The Morgan fingerprint density at radius 3 is 2.53 bits per heavy atom. The van der Waals surface area contributed by atoms with E-state index in [4.69, 9.17) is 9.37 Å². The second kappa shape index (κ2) is 8.03. The summed E-state index contributed by atoms with van der Waals surface area (Å²) in [5, 5.41) is 25.1. The van der Waals surface area contributed by atoms with Crippen LogP contribution in [-0.4, -0.2) is 38.7 Å². The lowest BCUT2D eigenvalue weighted by Gasteiger charge is -2.12. The molecule has 0 amide bonds. The fourth-order valence-electron chi connectivity index (χ4n) is 2.79. The minimum atomic E-state index is -0.0125. The van der Waals surface area contributed by atoms with Gasteiger partial charge in [-0.3, -0.25) is 5.43 Å². The Bertz CT molecular complexity index is 1240. The zero-order valence-corrected chi connectivity index (χ0v) is 16.5. The number of methoxy groups -OCH3 is 1. The molecule has 10 heteroatoms. The van der Waals surface area contributed by atoms with Crippen molar-refractivity contribution in [3.05, 3.63) is 53.1 Å². The van der Waals surface area contributed by atoms with Gasteiger partial charge in [-0.1, -0.05) is 18.2 Å². The second-order valence-corrected chi connectivity index (χ2v) is 6.47. The average Bonchev–Trinajstić information content (AvgIpc) is 3.20. The van der Waals surface area contributed by atoms with Crippen LogP contribution in [-0.2, 0) is 0 Å². The van der Waals surface area contributed by atoms with Crippen molar-refractivity contribution in [2.24, 2.45) is 5.10 Å². The molecule has 0 saturated carbocycles. The van der Waals surface area contributed by atoms with E-state index in [0.29, 0.717) is 22.9 Å². The number of fused-ring (bicyclic) bond motifs is 1. The molecule has 2 aromatic carbocycles. The fourth-order valence-corrected chi connectivity index (χ4v) is 2.79. The number of hydrogen-bond acceptors (Lipinski definition) is 10. The van der Waals surface area contributed by atoms with Crippen LogP contribution in [0.2, 0.25) is 0 Å². The van der Waals surface area contributed by atoms with Gasteiger partial charge in [0, 0.05) is 11.3 Å². The normalized spacial score (nSPS) is 11.2. The first-order valence-electron chi connectivity index (χ1n) is 9.05. The number of nitrogens with zero attached hydrogens (tertiary/aromatic N) is 5. The molecule has 10 nitrogen and oxygen atoms in total. The number of benzene rings is 2. The predicted molar refractivity (Wildman–Crippen MR) is 112 cm³/mol. The Morgan fingerprint density at radius 2 is 1.77 bits per heavy atom. The van der Waals surface area contributed by atoms with Crippen LogP contribution in [0.5, 0.6) is 11.5 Å². The molecule has 152 valence electrons. The van der Waals surface area contributed by atoms with E-state index in [-0.39, 0.29) is 17.0 Å². The fraction of sp³-hybridized carbons (Fsp3) is 0.150. The third-order valence-electron chi connectivity index (χ3n) is 4.60. The molecule has 0 atom stereocenters. The van der Waals surface area contributed by atoms with Crippen LogP contribution < -0.4 is 15.5 Å². The van der Waals surface area contributed by atoms with E-state index in [9.17, 15) is 5.11 Å². The number of hydrazone groups is 1. The summed E-state index contributed by atoms with van der Waals surface area (Å²) in [6.07, 6.45) is 1.45. The standard InChI is InChI=1S/C20H19N7O3/c1-11-6-4-8-14(12(11)2)22-17-18(24-20-19(23-17)26-30-27-20)25-21-10-13-7-5-9-15(29-3)16(13)28/h4-10,28H,1-3H3,(H,22,23,26)(H,24,25,27). The van der Waals surface area contributed by atoms with Crippen LogP contribution in [0.3, 0.4) is 0 Å². The molecular formula is C20H19N7O3. The molecule has 0 radical (unpaired) electrons. The number of phenols is 1. The summed E-state index contributed by atoms with van der Waals surface area (Å²) < 4.78 is 9.82. The van der Waals surface area contributed by atoms with E-state index >= 15 is 0 Å². The summed E-state index contributed by atoms with van der Waals surface area (Å²) in [6.45, 7) is 4.04. The third-order valence-corrected chi connectivity index (χ3v) is 4.60. The van der Waals surface area contributed by atoms with Gasteiger partial charge in [0.2, 0.25) is 11.3 Å². The lowest BCUT2D eigenvalue weighted by atomic mass is 10.1. The van der Waals surface area contributed by atoms with Gasteiger partial charge in [-0.25, -0.2) is 9.61 Å². The Labute approximate surface area is 171 Å². The van der Waals surface area contributed by atoms with Crippen molar-refractivity contribution in [2.45, 2.75) is 13.8 Å². The zero-order chi connectivity index (χ0) is 21.1. The number of nitrogens with one attached hydrogen (secondary N) is 2. The highest BCUT2D eigenvalue weighted by atomic mass is 16.6. The van der Waals surface area contributed by atoms with Gasteiger partial charge in [-0.15, -0.1) is 0 Å². The van der Waals surface area contributed by atoms with Crippen molar-refractivity contribution in [3.8, 4) is 11.5 Å². The van der Waals surface area contributed by atoms with Crippen molar-refractivity contribution in [3.63, 3.8) is 0 Å². The number of phenolic OH excluding ortho intramolecular Hbond substituents is 1. The highest BCUT2D eigenvalue weighted by Crippen LogP contribution is 2.29. The second-order valence-electron chi connectivity index (χ2n) is 6.47. The molecule has 4 aromatic rings. The van der Waals surface area contributed by atoms with Crippen LogP contribution in [0.15, 0.2) is 46.1 Å². The maximum absolute atomic E-state index is 10.2. The van der Waals surface area contributed by atoms with Crippen LogP contribution >= 0.6 is 0 Å². The first-order chi connectivity index (χ1) is 14.6. The summed E-state index contributed by atoms with van der Waals surface area (Å²) in [4.78, 5) is 8.79. The minimum absolute atomic E-state index is 0.0125. The van der Waals surface area contributed by atoms with Crippen LogP contribution in [0.4, 0.5) is 17.3 Å². The molecule has 4 rings (SSSR count). The van der Waals surface area contributed by atoms with Gasteiger partial charge in [-0.05, 0) is 53.5 Å². The van der Waals surface area contributed by atoms with Gasteiger partial charge in [0.05, 0.1) is 13.3 Å². The monoisotopic (exact) mass is 405 g/mol. The topological polar surface area (TPSA) is 131 Å². The third kappa shape index (κ3) is 3.70. The maximum Gasteiger partial charge on any atom is 0.245 e.